The molecule has 1 aliphatic carbocycles. The van der Waals surface area contributed by atoms with E-state index in [1.807, 2.05) is 4.90 Å². The molecule has 3 N–H and O–H groups in total. The van der Waals surface area contributed by atoms with Crippen molar-refractivity contribution in [3.05, 3.63) is 80.1 Å². The molecular weight excluding hydrogens is 748 g/mol. The number of benzene rings is 2. The Balaban J connectivity index is 1.03. The zero-order valence-corrected chi connectivity index (χ0v) is 30.7. The molecule has 2 aromatic carbocycles. The SMILES string of the molecule is COc1c(N2C[C@@H]3CCCN(CN4C(=O)/C(=N\c5nc6c(ncn6COCCO)c(=O)[nH]5)c5cc(F)ccc54)[C@@H]3C2)c(F)cc2c(=O)c(C(=O)O)cn(C3CC3)c12. The number of aromatic nitrogens is 5. The number of rotatable bonds is 11. The van der Waals surface area contributed by atoms with Crippen LogP contribution in [0.4, 0.5) is 26.1 Å². The average Bonchev–Trinajstić information content (AvgIpc) is 3.73. The van der Waals surface area contributed by atoms with Crippen molar-refractivity contribution in [3.63, 3.8) is 0 Å². The van der Waals surface area contributed by atoms with E-state index in [-0.39, 0.29) is 89.8 Å². The first-order chi connectivity index (χ1) is 27.6. The van der Waals surface area contributed by atoms with Gasteiger partial charge in [0.1, 0.15) is 29.5 Å². The van der Waals surface area contributed by atoms with Crippen molar-refractivity contribution in [1.29, 1.82) is 0 Å². The zero-order valence-electron chi connectivity index (χ0n) is 30.7. The highest BCUT2D eigenvalue weighted by Gasteiger charge is 2.44. The minimum atomic E-state index is -1.39. The topological polar surface area (TPSA) is 201 Å². The summed E-state index contributed by atoms with van der Waals surface area (Å²) in [6.07, 6.45) is 5.89. The lowest BCUT2D eigenvalue weighted by molar-refractivity contribution is -0.112. The molecule has 2 saturated heterocycles. The Hall–Kier alpha value is -6.05. The van der Waals surface area contributed by atoms with E-state index in [4.69, 9.17) is 14.6 Å². The fourth-order valence-electron chi connectivity index (χ4n) is 8.50. The van der Waals surface area contributed by atoms with Crippen LogP contribution in [-0.2, 0) is 16.3 Å². The number of piperidine rings is 1. The molecule has 1 amide bonds. The molecule has 1 saturated carbocycles. The number of aliphatic hydroxyl groups excluding tert-OH is 1. The van der Waals surface area contributed by atoms with Gasteiger partial charge in [-0.1, -0.05) is 0 Å². The molecule has 57 heavy (non-hydrogen) atoms. The maximum atomic E-state index is 16.3. The van der Waals surface area contributed by atoms with E-state index < -0.39 is 40.1 Å². The fraction of sp³-hybridized carbons (Fsp3) is 0.395. The second-order valence-electron chi connectivity index (χ2n) is 14.7. The average molecular weight is 786 g/mol. The zero-order chi connectivity index (χ0) is 39.7. The number of hydrogen-bond donors (Lipinski definition) is 3. The lowest BCUT2D eigenvalue weighted by Crippen LogP contribution is -2.51. The van der Waals surface area contributed by atoms with Crippen LogP contribution in [0.5, 0.6) is 5.75 Å². The van der Waals surface area contributed by atoms with Gasteiger partial charge in [0.05, 0.1) is 49.9 Å². The molecule has 19 heteroatoms. The number of amides is 1. The molecule has 2 atom stereocenters. The summed E-state index contributed by atoms with van der Waals surface area (Å²) in [5, 5.41) is 18.7. The van der Waals surface area contributed by atoms with E-state index in [0.29, 0.717) is 30.8 Å². The summed E-state index contributed by atoms with van der Waals surface area (Å²) < 4.78 is 45.4. The lowest BCUT2D eigenvalue weighted by atomic mass is 9.92. The Kier molecular flexibility index (Phi) is 9.08. The minimum Gasteiger partial charge on any atom is -0.492 e. The summed E-state index contributed by atoms with van der Waals surface area (Å²) >= 11 is 0. The molecule has 5 aromatic rings. The van der Waals surface area contributed by atoms with Crippen molar-refractivity contribution in [2.45, 2.75) is 44.5 Å². The van der Waals surface area contributed by atoms with Gasteiger partial charge in [0, 0.05) is 43.5 Å². The van der Waals surface area contributed by atoms with Crippen molar-refractivity contribution in [2.24, 2.45) is 10.9 Å². The van der Waals surface area contributed by atoms with E-state index in [2.05, 4.69) is 24.8 Å². The van der Waals surface area contributed by atoms with Crippen LogP contribution < -0.4 is 25.5 Å². The highest BCUT2D eigenvalue weighted by molar-refractivity contribution is 6.54. The Morgan fingerprint density at radius 3 is 2.70 bits per heavy atom. The van der Waals surface area contributed by atoms with Crippen LogP contribution in [0.2, 0.25) is 0 Å². The number of aliphatic hydroxyl groups is 1. The molecule has 3 aliphatic heterocycles. The van der Waals surface area contributed by atoms with Gasteiger partial charge in [-0.05, 0) is 55.9 Å². The standard InChI is InChI=1S/C38H37F2N9O8/c1-56-33-30-23(32(51)24(37(54)55)14-48(30)21-5-6-21)12-25(40)31(33)46-13-19-3-2-8-45(27(19)15-46)17-49-26-7-4-20(39)11-22(26)28(36(49)53)42-38-43-34-29(35(52)44-38)41-16-47(34)18-57-10-9-50/h4,7,11-12,14,16,19,21,27,50H,2-3,5-6,8-10,13,15,17-18H2,1H3,(H,54,55)(H,43,44,52)/b42-28-/t19-,27+/m0/s1. The summed E-state index contributed by atoms with van der Waals surface area (Å²) in [4.78, 5) is 73.4. The summed E-state index contributed by atoms with van der Waals surface area (Å²) in [6, 6.07) is 4.90. The summed E-state index contributed by atoms with van der Waals surface area (Å²) in [5.41, 5.74) is -0.593. The predicted octanol–water partition coefficient (Wildman–Crippen LogP) is 2.75. The van der Waals surface area contributed by atoms with Gasteiger partial charge in [0.25, 0.3) is 11.5 Å². The quantitative estimate of drug-likeness (QED) is 0.166. The molecule has 3 fully saturated rings. The molecule has 0 bridgehead atoms. The largest absolute Gasteiger partial charge is 0.492 e. The maximum Gasteiger partial charge on any atom is 0.341 e. The number of carboxylic acids is 1. The van der Waals surface area contributed by atoms with Crippen molar-refractivity contribution in [3.8, 4) is 5.75 Å². The normalized spacial score (nSPS) is 20.3. The van der Waals surface area contributed by atoms with Crippen LogP contribution in [0.15, 0.2) is 51.4 Å². The molecule has 9 rings (SSSR count). The number of carbonyl (C=O) groups excluding carboxylic acids is 1. The molecule has 4 aliphatic rings. The Labute approximate surface area is 321 Å². The number of aromatic amines is 1. The molecule has 17 nitrogen and oxygen atoms in total. The minimum absolute atomic E-state index is 0.0217. The number of likely N-dealkylation sites (tertiary alicyclic amines) is 1. The number of fused-ring (bicyclic) bond motifs is 4. The molecule has 0 unspecified atom stereocenters. The smallest absolute Gasteiger partial charge is 0.341 e. The van der Waals surface area contributed by atoms with E-state index in [9.17, 15) is 28.7 Å². The van der Waals surface area contributed by atoms with Gasteiger partial charge in [0.2, 0.25) is 11.4 Å². The molecule has 0 spiro atoms. The number of aliphatic imine (C=N–C) groups is 1. The number of halogens is 2. The molecular formula is C38H37F2N9O8. The number of ether oxygens (including phenoxy) is 2. The first-order valence-electron chi connectivity index (χ1n) is 18.6. The van der Waals surface area contributed by atoms with Gasteiger partial charge in [-0.25, -0.2) is 23.6 Å². The van der Waals surface area contributed by atoms with Gasteiger partial charge in [-0.2, -0.15) is 4.98 Å². The van der Waals surface area contributed by atoms with Gasteiger partial charge in [0.15, 0.2) is 22.7 Å². The van der Waals surface area contributed by atoms with E-state index >= 15 is 4.39 Å². The van der Waals surface area contributed by atoms with Gasteiger partial charge in [-0.3, -0.25) is 33.7 Å². The first kappa shape index (κ1) is 36.6. The second-order valence-corrected chi connectivity index (χ2v) is 14.7. The van der Waals surface area contributed by atoms with Gasteiger partial charge < -0.3 is 29.2 Å². The number of hydrogen-bond acceptors (Lipinski definition) is 12. The highest BCUT2D eigenvalue weighted by atomic mass is 19.1. The highest BCUT2D eigenvalue weighted by Crippen LogP contribution is 2.46. The number of carboxylic acid groups (broad SMARTS) is 1. The van der Waals surface area contributed by atoms with Crippen LogP contribution in [0.3, 0.4) is 0 Å². The summed E-state index contributed by atoms with van der Waals surface area (Å²) in [6.45, 7) is 1.36. The van der Waals surface area contributed by atoms with Crippen LogP contribution >= 0.6 is 0 Å². The molecule has 296 valence electrons. The van der Waals surface area contributed by atoms with Crippen molar-refractivity contribution in [2.75, 3.05) is 56.4 Å². The van der Waals surface area contributed by atoms with Crippen molar-refractivity contribution >= 4 is 57.0 Å². The third-order valence-electron chi connectivity index (χ3n) is 11.2. The first-order valence-corrected chi connectivity index (χ1v) is 18.6. The number of nitrogens with zero attached hydrogens (tertiary/aromatic N) is 8. The van der Waals surface area contributed by atoms with E-state index in [1.54, 1.807) is 4.57 Å². The van der Waals surface area contributed by atoms with Crippen LogP contribution in [-0.4, -0.2) is 109 Å². The van der Waals surface area contributed by atoms with Crippen LogP contribution in [0.1, 0.15) is 47.6 Å². The Bertz CT molecular complexity index is 2640. The third-order valence-corrected chi connectivity index (χ3v) is 11.2. The molecule has 6 heterocycles. The lowest BCUT2D eigenvalue weighted by Gasteiger charge is -2.38. The Morgan fingerprint density at radius 1 is 1.12 bits per heavy atom. The van der Waals surface area contributed by atoms with E-state index in [0.717, 1.165) is 31.7 Å². The number of carbonyl (C=O) groups is 2. The van der Waals surface area contributed by atoms with Crippen LogP contribution in [0.25, 0.3) is 22.1 Å². The maximum absolute atomic E-state index is 16.3. The number of imidazole rings is 1. The van der Waals surface area contributed by atoms with Crippen molar-refractivity contribution < 1.29 is 38.1 Å². The number of methoxy groups -OCH3 is 1. The van der Waals surface area contributed by atoms with E-state index in [1.165, 1.54) is 47.3 Å². The number of anilines is 2. The third kappa shape index (κ3) is 6.21. The summed E-state index contributed by atoms with van der Waals surface area (Å²) in [5.74, 6) is -3.17. The van der Waals surface area contributed by atoms with Crippen LogP contribution in [0, 0.1) is 17.6 Å². The Morgan fingerprint density at radius 2 is 1.95 bits per heavy atom. The molecule has 3 aromatic heterocycles. The molecule has 0 radical (unpaired) electrons. The number of nitrogens with one attached hydrogen (secondary N) is 1. The number of pyridine rings is 1. The predicted molar refractivity (Wildman–Crippen MR) is 202 cm³/mol. The summed E-state index contributed by atoms with van der Waals surface area (Å²) in [7, 11) is 1.41. The fourth-order valence-corrected chi connectivity index (χ4v) is 8.50. The second kappa shape index (κ2) is 14.2. The number of aromatic carboxylic acids is 1. The van der Waals surface area contributed by atoms with Gasteiger partial charge >= 0.3 is 5.97 Å². The number of H-pyrrole nitrogens is 1. The monoisotopic (exact) mass is 785 g/mol. The van der Waals surface area contributed by atoms with Crippen molar-refractivity contribution in [1.82, 2.24) is 29.0 Å². The van der Waals surface area contributed by atoms with Gasteiger partial charge in [-0.15, -0.1) is 0 Å².